The van der Waals surface area contributed by atoms with E-state index in [-0.39, 0.29) is 11.7 Å². The van der Waals surface area contributed by atoms with Crippen LogP contribution in [0.15, 0.2) is 24.3 Å². The number of rotatable bonds is 7. The number of halogens is 1. The van der Waals surface area contributed by atoms with E-state index in [2.05, 4.69) is 15.5 Å². The Kier molecular flexibility index (Phi) is 8.03. The van der Waals surface area contributed by atoms with Gasteiger partial charge >= 0.3 is 0 Å². The molecule has 1 aromatic rings. The van der Waals surface area contributed by atoms with Crippen LogP contribution in [0, 0.1) is 5.82 Å². The number of hydrogen-bond acceptors (Lipinski definition) is 4. The van der Waals surface area contributed by atoms with Crippen molar-refractivity contribution < 1.29 is 13.9 Å². The van der Waals surface area contributed by atoms with Crippen LogP contribution in [0.5, 0.6) is 0 Å². The van der Waals surface area contributed by atoms with Gasteiger partial charge in [0.05, 0.1) is 12.2 Å². The van der Waals surface area contributed by atoms with Gasteiger partial charge in [0, 0.05) is 46.4 Å². The summed E-state index contributed by atoms with van der Waals surface area (Å²) in [7, 11) is 1.65. The number of piperazine rings is 1. The number of thiocarbonyl (C=S) groups is 1. The molecule has 0 saturated carbocycles. The minimum atomic E-state index is -0.325. The topological polar surface area (TPSA) is 56.8 Å². The van der Waals surface area contributed by atoms with Gasteiger partial charge in [-0.1, -0.05) is 12.1 Å². The molecule has 0 unspecified atom stereocenters. The number of hydrogen-bond donors (Lipinski definition) is 2. The van der Waals surface area contributed by atoms with Crippen LogP contribution in [0.1, 0.15) is 6.42 Å². The minimum absolute atomic E-state index is 0.0246. The van der Waals surface area contributed by atoms with E-state index in [1.54, 1.807) is 25.3 Å². The summed E-state index contributed by atoms with van der Waals surface area (Å²) >= 11 is 5.36. The summed E-state index contributed by atoms with van der Waals surface area (Å²) in [5.41, 5.74) is 0.380. The van der Waals surface area contributed by atoms with E-state index in [0.29, 0.717) is 43.6 Å². The van der Waals surface area contributed by atoms with Gasteiger partial charge in [-0.3, -0.25) is 9.69 Å². The Morgan fingerprint density at radius 2 is 2.00 bits per heavy atom. The lowest BCUT2D eigenvalue weighted by atomic mass is 10.3. The summed E-state index contributed by atoms with van der Waals surface area (Å²) in [6.07, 6.45) is 0.812. The van der Waals surface area contributed by atoms with Gasteiger partial charge < -0.3 is 20.3 Å². The van der Waals surface area contributed by atoms with Crippen molar-refractivity contribution in [3.63, 3.8) is 0 Å². The van der Waals surface area contributed by atoms with Gasteiger partial charge in [0.15, 0.2) is 5.11 Å². The minimum Gasteiger partial charge on any atom is -0.385 e. The van der Waals surface area contributed by atoms with E-state index < -0.39 is 0 Å². The number of nitrogens with zero attached hydrogens (tertiary/aromatic N) is 2. The van der Waals surface area contributed by atoms with Crippen molar-refractivity contribution in [1.29, 1.82) is 0 Å². The number of benzene rings is 1. The number of nitrogens with one attached hydrogen (secondary N) is 2. The highest BCUT2D eigenvalue weighted by molar-refractivity contribution is 7.80. The third kappa shape index (κ3) is 6.56. The molecule has 0 aliphatic carbocycles. The highest BCUT2D eigenvalue weighted by atomic mass is 32.1. The van der Waals surface area contributed by atoms with E-state index in [0.717, 1.165) is 19.5 Å². The number of carbonyl (C=O) groups is 1. The Balaban J connectivity index is 1.69. The molecular weight excluding hydrogens is 343 g/mol. The zero-order chi connectivity index (χ0) is 18.1. The molecule has 0 radical (unpaired) electrons. The van der Waals surface area contributed by atoms with E-state index in [4.69, 9.17) is 17.0 Å². The van der Waals surface area contributed by atoms with Crippen LogP contribution in [-0.2, 0) is 9.53 Å². The van der Waals surface area contributed by atoms with Gasteiger partial charge in [0.2, 0.25) is 5.91 Å². The van der Waals surface area contributed by atoms with Crippen LogP contribution >= 0.6 is 12.2 Å². The molecule has 0 aromatic heterocycles. The average Bonchev–Trinajstić information content (AvgIpc) is 2.61. The first kappa shape index (κ1) is 19.6. The molecule has 2 rings (SSSR count). The Hall–Kier alpha value is -1.77. The van der Waals surface area contributed by atoms with E-state index in [1.807, 2.05) is 4.90 Å². The molecule has 1 aliphatic heterocycles. The van der Waals surface area contributed by atoms with Gasteiger partial charge in [-0.2, -0.15) is 0 Å². The van der Waals surface area contributed by atoms with Gasteiger partial charge in [-0.25, -0.2) is 4.39 Å². The monoisotopic (exact) mass is 368 g/mol. The highest BCUT2D eigenvalue weighted by Gasteiger charge is 2.20. The van der Waals surface area contributed by atoms with Crippen LogP contribution in [0.3, 0.4) is 0 Å². The summed E-state index contributed by atoms with van der Waals surface area (Å²) in [5.74, 6) is -0.301. The van der Waals surface area contributed by atoms with E-state index >= 15 is 0 Å². The lowest BCUT2D eigenvalue weighted by molar-refractivity contribution is -0.122. The molecule has 1 saturated heterocycles. The van der Waals surface area contributed by atoms with Crippen LogP contribution in [-0.4, -0.2) is 73.8 Å². The van der Waals surface area contributed by atoms with Crippen molar-refractivity contribution >= 4 is 28.9 Å². The third-order valence-electron chi connectivity index (χ3n) is 3.99. The van der Waals surface area contributed by atoms with Crippen molar-refractivity contribution in [3.8, 4) is 0 Å². The predicted octanol–water partition coefficient (Wildman–Crippen LogP) is 1.29. The standard InChI is InChI=1S/C17H25FN4O2S/c1-24-12-4-7-19-16(23)13-21-8-10-22(11-9-21)17(25)20-15-6-3-2-5-14(15)18/h2-3,5-6H,4,7-13H2,1H3,(H,19,23)(H,20,25). The Morgan fingerprint density at radius 1 is 1.28 bits per heavy atom. The van der Waals surface area contributed by atoms with Gasteiger partial charge in [0.1, 0.15) is 5.82 Å². The molecule has 8 heteroatoms. The van der Waals surface area contributed by atoms with Crippen LogP contribution in [0.25, 0.3) is 0 Å². The maximum absolute atomic E-state index is 13.7. The second-order valence-corrected chi connectivity index (χ2v) is 6.26. The highest BCUT2D eigenvalue weighted by Crippen LogP contribution is 2.14. The summed E-state index contributed by atoms with van der Waals surface area (Å²) in [5, 5.41) is 6.34. The first-order chi connectivity index (χ1) is 12.1. The molecule has 6 nitrogen and oxygen atoms in total. The number of para-hydroxylation sites is 1. The van der Waals surface area contributed by atoms with Crippen LogP contribution in [0.2, 0.25) is 0 Å². The fourth-order valence-electron chi connectivity index (χ4n) is 2.57. The fourth-order valence-corrected chi connectivity index (χ4v) is 2.86. The third-order valence-corrected chi connectivity index (χ3v) is 4.35. The van der Waals surface area contributed by atoms with Gasteiger partial charge in [0.25, 0.3) is 0 Å². The van der Waals surface area contributed by atoms with E-state index in [1.165, 1.54) is 6.07 Å². The molecule has 2 N–H and O–H groups in total. The molecule has 0 bridgehead atoms. The van der Waals surface area contributed by atoms with Crippen molar-refractivity contribution in [1.82, 2.24) is 15.1 Å². The molecule has 138 valence electrons. The van der Waals surface area contributed by atoms with Crippen molar-refractivity contribution in [2.45, 2.75) is 6.42 Å². The first-order valence-electron chi connectivity index (χ1n) is 8.38. The number of ether oxygens (including phenoxy) is 1. The van der Waals surface area contributed by atoms with Gasteiger partial charge in [-0.05, 0) is 30.8 Å². The Bertz CT molecular complexity index is 580. The van der Waals surface area contributed by atoms with Crippen molar-refractivity contribution in [2.75, 3.05) is 58.3 Å². The lowest BCUT2D eigenvalue weighted by Crippen LogP contribution is -2.52. The maximum Gasteiger partial charge on any atom is 0.234 e. The number of anilines is 1. The molecule has 0 spiro atoms. The molecule has 1 amide bonds. The second kappa shape index (κ2) is 10.3. The second-order valence-electron chi connectivity index (χ2n) is 5.87. The molecule has 1 fully saturated rings. The smallest absolute Gasteiger partial charge is 0.234 e. The fraction of sp³-hybridized carbons (Fsp3) is 0.529. The summed E-state index contributed by atoms with van der Waals surface area (Å²) in [6.45, 7) is 4.55. The van der Waals surface area contributed by atoms with Crippen molar-refractivity contribution in [2.24, 2.45) is 0 Å². The molecule has 0 atom stereocenters. The zero-order valence-corrected chi connectivity index (χ0v) is 15.3. The Labute approximate surface area is 153 Å². The van der Waals surface area contributed by atoms with E-state index in [9.17, 15) is 9.18 Å². The Morgan fingerprint density at radius 3 is 2.68 bits per heavy atom. The molecule has 1 aliphatic rings. The normalized spacial score (nSPS) is 15.0. The SMILES string of the molecule is COCCCNC(=O)CN1CCN(C(=S)Nc2ccccc2F)CC1. The van der Waals surface area contributed by atoms with Crippen LogP contribution in [0.4, 0.5) is 10.1 Å². The number of carbonyl (C=O) groups excluding carboxylic acids is 1. The quantitative estimate of drug-likeness (QED) is 0.559. The molecule has 25 heavy (non-hydrogen) atoms. The molecule has 1 aromatic carbocycles. The summed E-state index contributed by atoms with van der Waals surface area (Å²) < 4.78 is 18.6. The molecular formula is C17H25FN4O2S. The summed E-state index contributed by atoms with van der Waals surface area (Å²) in [6, 6.07) is 6.46. The number of amides is 1. The number of methoxy groups -OCH3 is 1. The average molecular weight is 368 g/mol. The largest absolute Gasteiger partial charge is 0.385 e. The first-order valence-corrected chi connectivity index (χ1v) is 8.79. The predicted molar refractivity (Wildman–Crippen MR) is 100 cm³/mol. The van der Waals surface area contributed by atoms with Gasteiger partial charge in [-0.15, -0.1) is 0 Å². The summed E-state index contributed by atoms with van der Waals surface area (Å²) in [4.78, 5) is 16.0. The molecule has 1 heterocycles. The van der Waals surface area contributed by atoms with Crippen molar-refractivity contribution in [3.05, 3.63) is 30.1 Å². The lowest BCUT2D eigenvalue weighted by Gasteiger charge is -2.35. The zero-order valence-electron chi connectivity index (χ0n) is 14.5. The van der Waals surface area contributed by atoms with Crippen LogP contribution < -0.4 is 10.6 Å². The maximum atomic E-state index is 13.7.